The van der Waals surface area contributed by atoms with Crippen molar-refractivity contribution in [3.63, 3.8) is 0 Å². The minimum absolute atomic E-state index is 0.0105. The predicted octanol–water partition coefficient (Wildman–Crippen LogP) is 2.13. The van der Waals surface area contributed by atoms with E-state index in [0.29, 0.717) is 16.2 Å². The Hall–Kier alpha value is -2.18. The van der Waals surface area contributed by atoms with Gasteiger partial charge in [0.05, 0.1) is 4.88 Å². The van der Waals surface area contributed by atoms with Crippen molar-refractivity contribution in [2.75, 3.05) is 0 Å². The summed E-state index contributed by atoms with van der Waals surface area (Å²) in [5, 5.41) is 1.81. The van der Waals surface area contributed by atoms with Crippen molar-refractivity contribution in [2.45, 2.75) is 13.5 Å². The van der Waals surface area contributed by atoms with Crippen LogP contribution in [0.2, 0.25) is 0 Å². The number of hydrogen-bond acceptors (Lipinski definition) is 5. The molecule has 0 saturated heterocycles. The van der Waals surface area contributed by atoms with E-state index in [0.717, 1.165) is 5.56 Å². The molecule has 0 aliphatic heterocycles. The van der Waals surface area contributed by atoms with Crippen LogP contribution in [0.4, 0.5) is 0 Å². The largest absolute Gasteiger partial charge is 0.489 e. The molecule has 0 bridgehead atoms. The summed E-state index contributed by atoms with van der Waals surface area (Å²) in [6.45, 7) is 1.78. The maximum atomic E-state index is 11.5. The Kier molecular flexibility index (Phi) is 4.49. The fourth-order valence-electron chi connectivity index (χ4n) is 1.66. The van der Waals surface area contributed by atoms with Gasteiger partial charge in [0.15, 0.2) is 5.78 Å². The van der Waals surface area contributed by atoms with Crippen molar-refractivity contribution in [2.24, 2.45) is 5.84 Å². The van der Waals surface area contributed by atoms with Gasteiger partial charge in [-0.25, -0.2) is 5.84 Å². The van der Waals surface area contributed by atoms with Crippen LogP contribution in [0.15, 0.2) is 35.7 Å². The van der Waals surface area contributed by atoms with Crippen LogP contribution in [0.1, 0.15) is 32.5 Å². The van der Waals surface area contributed by atoms with Crippen LogP contribution in [0.25, 0.3) is 0 Å². The summed E-state index contributed by atoms with van der Waals surface area (Å²) in [7, 11) is 0. The van der Waals surface area contributed by atoms with Crippen molar-refractivity contribution >= 4 is 23.0 Å². The number of hydrogen-bond donors (Lipinski definition) is 2. The highest BCUT2D eigenvalue weighted by Crippen LogP contribution is 2.20. The lowest BCUT2D eigenvalue weighted by molar-refractivity contribution is 0.0954. The third-order valence-corrected chi connectivity index (χ3v) is 3.69. The number of rotatable bonds is 5. The number of benzene rings is 1. The van der Waals surface area contributed by atoms with E-state index < -0.39 is 0 Å². The van der Waals surface area contributed by atoms with Crippen LogP contribution in [0, 0.1) is 0 Å². The van der Waals surface area contributed by atoms with Gasteiger partial charge in [-0.15, -0.1) is 11.3 Å². The van der Waals surface area contributed by atoms with Crippen molar-refractivity contribution in [1.29, 1.82) is 0 Å². The van der Waals surface area contributed by atoms with E-state index in [1.807, 2.05) is 11.4 Å². The van der Waals surface area contributed by atoms with Crippen molar-refractivity contribution in [1.82, 2.24) is 5.43 Å². The minimum atomic E-state index is -0.328. The average Bonchev–Trinajstić information content (AvgIpc) is 2.93. The summed E-state index contributed by atoms with van der Waals surface area (Å²) in [6.07, 6.45) is 0. The normalized spacial score (nSPS) is 10.1. The number of nitrogens with two attached hydrogens (primary N) is 1. The van der Waals surface area contributed by atoms with E-state index in [4.69, 9.17) is 10.6 Å². The highest BCUT2D eigenvalue weighted by molar-refractivity contribution is 7.12. The van der Waals surface area contributed by atoms with Crippen molar-refractivity contribution in [3.8, 4) is 5.75 Å². The number of ketones is 1. The molecule has 104 valence electrons. The summed E-state index contributed by atoms with van der Waals surface area (Å²) >= 11 is 1.31. The monoisotopic (exact) mass is 290 g/mol. The molecule has 1 amide bonds. The molecule has 20 heavy (non-hydrogen) atoms. The second-order valence-electron chi connectivity index (χ2n) is 4.12. The molecule has 0 radical (unpaired) electrons. The molecule has 0 aliphatic rings. The lowest BCUT2D eigenvalue weighted by atomic mass is 10.1. The maximum absolute atomic E-state index is 11.5. The number of Topliss-reactive ketones (excluding diaryl/α,β-unsaturated/α-hetero) is 1. The van der Waals surface area contributed by atoms with Crippen molar-refractivity contribution in [3.05, 3.63) is 51.7 Å². The number of amides is 1. The second kappa shape index (κ2) is 6.31. The predicted molar refractivity (Wildman–Crippen MR) is 76.8 cm³/mol. The zero-order chi connectivity index (χ0) is 14.5. The van der Waals surface area contributed by atoms with Gasteiger partial charge >= 0.3 is 0 Å². The molecule has 2 rings (SSSR count). The highest BCUT2D eigenvalue weighted by atomic mass is 32.1. The van der Waals surface area contributed by atoms with E-state index >= 15 is 0 Å². The Bertz CT molecular complexity index is 620. The molecular formula is C14H14N2O3S. The number of carbonyl (C=O) groups excluding carboxylic acids is 2. The van der Waals surface area contributed by atoms with Crippen LogP contribution in [-0.2, 0) is 6.61 Å². The molecule has 1 aromatic heterocycles. The van der Waals surface area contributed by atoms with Gasteiger partial charge in [0, 0.05) is 11.1 Å². The van der Waals surface area contributed by atoms with E-state index in [2.05, 4.69) is 5.43 Å². The van der Waals surface area contributed by atoms with Gasteiger partial charge in [-0.3, -0.25) is 15.0 Å². The van der Waals surface area contributed by atoms with Gasteiger partial charge in [0.2, 0.25) is 0 Å². The Balaban J connectivity index is 2.04. The molecule has 0 fully saturated rings. The smallest absolute Gasteiger partial charge is 0.275 e. The molecule has 1 heterocycles. The molecule has 3 N–H and O–H groups in total. The average molecular weight is 290 g/mol. The molecular weight excluding hydrogens is 276 g/mol. The van der Waals surface area contributed by atoms with Gasteiger partial charge < -0.3 is 4.74 Å². The third-order valence-electron chi connectivity index (χ3n) is 2.74. The van der Waals surface area contributed by atoms with Crippen LogP contribution in [0.3, 0.4) is 0 Å². The topological polar surface area (TPSA) is 81.4 Å². The minimum Gasteiger partial charge on any atom is -0.489 e. The zero-order valence-corrected chi connectivity index (χ0v) is 11.7. The Labute approximate surface area is 120 Å². The van der Waals surface area contributed by atoms with Crippen molar-refractivity contribution < 1.29 is 14.3 Å². The Morgan fingerprint density at radius 2 is 1.95 bits per heavy atom. The number of thiophene rings is 1. The molecule has 0 unspecified atom stereocenters. The molecule has 0 spiro atoms. The van der Waals surface area contributed by atoms with E-state index in [9.17, 15) is 9.59 Å². The molecule has 0 atom stereocenters. The molecule has 1 aromatic carbocycles. The van der Waals surface area contributed by atoms with E-state index in [1.54, 1.807) is 24.3 Å². The van der Waals surface area contributed by atoms with Crippen LogP contribution in [0.5, 0.6) is 5.75 Å². The Morgan fingerprint density at radius 3 is 2.55 bits per heavy atom. The van der Waals surface area contributed by atoms with Gasteiger partial charge in [0.25, 0.3) is 5.91 Å². The molecule has 6 heteroatoms. The first-order chi connectivity index (χ1) is 9.61. The zero-order valence-electron chi connectivity index (χ0n) is 10.9. The first-order valence-corrected chi connectivity index (χ1v) is 6.81. The summed E-state index contributed by atoms with van der Waals surface area (Å²) in [5.74, 6) is 5.44. The van der Waals surface area contributed by atoms with Gasteiger partial charge in [0.1, 0.15) is 12.4 Å². The number of ether oxygens (including phenoxy) is 1. The first-order valence-electron chi connectivity index (χ1n) is 5.93. The maximum Gasteiger partial charge on any atom is 0.275 e. The number of nitrogen functional groups attached to an aromatic ring is 1. The lowest BCUT2D eigenvalue weighted by Gasteiger charge is -2.07. The quantitative estimate of drug-likeness (QED) is 0.382. The van der Waals surface area contributed by atoms with Crippen LogP contribution in [-0.4, -0.2) is 11.7 Å². The number of hydrazine groups is 1. The summed E-state index contributed by atoms with van der Waals surface area (Å²) in [5.41, 5.74) is 3.51. The molecule has 0 saturated carbocycles. The summed E-state index contributed by atoms with van der Waals surface area (Å²) in [4.78, 5) is 23.2. The fraction of sp³-hybridized carbons (Fsp3) is 0.143. The highest BCUT2D eigenvalue weighted by Gasteiger charge is 2.12. The van der Waals surface area contributed by atoms with E-state index in [-0.39, 0.29) is 18.3 Å². The summed E-state index contributed by atoms with van der Waals surface area (Å²) in [6, 6.07) is 8.69. The van der Waals surface area contributed by atoms with Crippen LogP contribution < -0.4 is 16.0 Å². The molecule has 2 aromatic rings. The van der Waals surface area contributed by atoms with Crippen LogP contribution >= 0.6 is 11.3 Å². The fourth-order valence-corrected chi connectivity index (χ4v) is 2.47. The van der Waals surface area contributed by atoms with E-state index in [1.165, 1.54) is 18.3 Å². The lowest BCUT2D eigenvalue weighted by Crippen LogP contribution is -2.30. The summed E-state index contributed by atoms with van der Waals surface area (Å²) < 4.78 is 5.59. The third kappa shape index (κ3) is 3.23. The van der Waals surface area contributed by atoms with Gasteiger partial charge in [-0.05, 0) is 42.6 Å². The molecule has 0 aliphatic carbocycles. The van der Waals surface area contributed by atoms with Gasteiger partial charge in [-0.1, -0.05) is 0 Å². The number of nitrogens with one attached hydrogen (secondary N) is 1. The molecule has 5 nitrogen and oxygen atoms in total. The Morgan fingerprint density at radius 1 is 1.25 bits per heavy atom. The van der Waals surface area contributed by atoms with Gasteiger partial charge in [-0.2, -0.15) is 0 Å². The first kappa shape index (κ1) is 14.2. The second-order valence-corrected chi connectivity index (χ2v) is 5.03. The standard InChI is InChI=1S/C14H14N2O3S/c1-9(17)10-2-4-12(5-3-10)19-8-11-6-7-20-13(11)14(18)16-15/h2-7H,8,15H2,1H3,(H,16,18). The number of carbonyl (C=O) groups is 2. The SMILES string of the molecule is CC(=O)c1ccc(OCc2ccsc2C(=O)NN)cc1.